The Bertz CT molecular complexity index is 787. The number of nitrogens with one attached hydrogen (secondary N) is 2. The lowest BCUT2D eigenvalue weighted by atomic mass is 9.83. The number of aromatic hydroxyl groups is 1. The summed E-state index contributed by atoms with van der Waals surface area (Å²) in [5, 5.41) is 14.9. The fraction of sp³-hybridized carbons (Fsp3) is 0.235. The van der Waals surface area contributed by atoms with Gasteiger partial charge in [0.1, 0.15) is 5.75 Å². The molecular formula is C17H15F3N2O2. The van der Waals surface area contributed by atoms with Crippen molar-refractivity contribution in [2.24, 2.45) is 0 Å². The maximum Gasteiger partial charge on any atom is 0.418 e. The van der Waals surface area contributed by atoms with Crippen LogP contribution in [-0.2, 0) is 16.5 Å². The molecule has 7 heteroatoms. The van der Waals surface area contributed by atoms with Crippen molar-refractivity contribution >= 4 is 11.6 Å². The van der Waals surface area contributed by atoms with E-state index in [9.17, 15) is 23.1 Å². The molecule has 126 valence electrons. The molecule has 1 amide bonds. The number of phenolic OH excluding ortho intramolecular Hbond substituents is 1. The highest BCUT2D eigenvalue weighted by Gasteiger charge is 2.50. The molecule has 2 aromatic carbocycles. The molecule has 1 aliphatic heterocycles. The third-order valence-electron chi connectivity index (χ3n) is 4.10. The van der Waals surface area contributed by atoms with Crippen molar-refractivity contribution in [3.05, 3.63) is 59.2 Å². The SMILES string of the molecule is CCNC1(c2ccc(O)cc2)C(=O)Nc2c(C(F)(F)F)cccc21. The summed E-state index contributed by atoms with van der Waals surface area (Å²) in [7, 11) is 0. The van der Waals surface area contributed by atoms with Gasteiger partial charge in [-0.1, -0.05) is 31.2 Å². The standard InChI is InChI=1S/C17H15F3N2O2/c1-2-21-16(10-6-8-11(23)9-7-10)12-4-3-5-13(17(18,19)20)14(12)22-15(16)24/h3-9,21,23H,2H2,1H3,(H,22,24). The Morgan fingerprint density at radius 2 is 1.83 bits per heavy atom. The summed E-state index contributed by atoms with van der Waals surface area (Å²) < 4.78 is 39.8. The minimum absolute atomic E-state index is 0.00747. The van der Waals surface area contributed by atoms with Crippen LogP contribution in [0.15, 0.2) is 42.5 Å². The number of phenols is 1. The Labute approximate surface area is 136 Å². The quantitative estimate of drug-likeness (QED) is 0.806. The van der Waals surface area contributed by atoms with Crippen LogP contribution in [0.2, 0.25) is 0 Å². The van der Waals surface area contributed by atoms with Crippen LogP contribution in [0, 0.1) is 0 Å². The summed E-state index contributed by atoms with van der Waals surface area (Å²) in [5.74, 6) is -0.574. The van der Waals surface area contributed by atoms with Gasteiger partial charge in [0, 0.05) is 5.56 Å². The van der Waals surface area contributed by atoms with Crippen molar-refractivity contribution in [3.63, 3.8) is 0 Å². The van der Waals surface area contributed by atoms with E-state index in [1.165, 1.54) is 36.4 Å². The van der Waals surface area contributed by atoms with Crippen molar-refractivity contribution in [1.29, 1.82) is 0 Å². The lowest BCUT2D eigenvalue weighted by Crippen LogP contribution is -2.48. The first-order chi connectivity index (χ1) is 11.3. The highest BCUT2D eigenvalue weighted by Crippen LogP contribution is 2.46. The number of anilines is 1. The average Bonchev–Trinajstić information content (AvgIpc) is 2.80. The van der Waals surface area contributed by atoms with Gasteiger partial charge < -0.3 is 10.4 Å². The van der Waals surface area contributed by atoms with E-state index >= 15 is 0 Å². The fourth-order valence-electron chi connectivity index (χ4n) is 3.11. The molecule has 3 rings (SSSR count). The van der Waals surface area contributed by atoms with Crippen LogP contribution in [0.3, 0.4) is 0 Å². The van der Waals surface area contributed by atoms with E-state index in [4.69, 9.17) is 0 Å². The van der Waals surface area contributed by atoms with Crippen LogP contribution in [-0.4, -0.2) is 17.6 Å². The lowest BCUT2D eigenvalue weighted by Gasteiger charge is -2.29. The number of hydrogen-bond donors (Lipinski definition) is 3. The number of carbonyl (C=O) groups excluding carboxylic acids is 1. The zero-order valence-electron chi connectivity index (χ0n) is 12.7. The van der Waals surface area contributed by atoms with Gasteiger partial charge in [0.15, 0.2) is 5.54 Å². The molecule has 0 saturated carbocycles. The first-order valence-corrected chi connectivity index (χ1v) is 7.37. The van der Waals surface area contributed by atoms with Gasteiger partial charge in [0.05, 0.1) is 11.3 Å². The molecule has 2 aromatic rings. The van der Waals surface area contributed by atoms with Crippen molar-refractivity contribution in [2.75, 3.05) is 11.9 Å². The molecule has 24 heavy (non-hydrogen) atoms. The van der Waals surface area contributed by atoms with E-state index in [0.717, 1.165) is 6.07 Å². The second-order valence-electron chi connectivity index (χ2n) is 5.51. The Hall–Kier alpha value is -2.54. The largest absolute Gasteiger partial charge is 0.508 e. The second-order valence-corrected chi connectivity index (χ2v) is 5.51. The number of amides is 1. The number of halogens is 3. The molecule has 0 bridgehead atoms. The highest BCUT2D eigenvalue weighted by atomic mass is 19.4. The zero-order valence-corrected chi connectivity index (χ0v) is 12.7. The molecule has 1 unspecified atom stereocenters. The van der Waals surface area contributed by atoms with Crippen molar-refractivity contribution in [1.82, 2.24) is 5.32 Å². The number of alkyl halides is 3. The van der Waals surface area contributed by atoms with Crippen LogP contribution < -0.4 is 10.6 Å². The van der Waals surface area contributed by atoms with Crippen LogP contribution in [0.5, 0.6) is 5.75 Å². The maximum absolute atomic E-state index is 13.3. The number of hydrogen-bond acceptors (Lipinski definition) is 3. The Morgan fingerprint density at radius 3 is 2.42 bits per heavy atom. The highest BCUT2D eigenvalue weighted by molar-refractivity contribution is 6.09. The van der Waals surface area contributed by atoms with Gasteiger partial charge in [-0.05, 0) is 30.3 Å². The van der Waals surface area contributed by atoms with Crippen molar-refractivity contribution in [2.45, 2.75) is 18.6 Å². The maximum atomic E-state index is 13.3. The van der Waals surface area contributed by atoms with Gasteiger partial charge >= 0.3 is 6.18 Å². The average molecular weight is 336 g/mol. The Morgan fingerprint density at radius 1 is 1.17 bits per heavy atom. The molecule has 0 radical (unpaired) electrons. The van der Waals surface area contributed by atoms with Crippen LogP contribution in [0.25, 0.3) is 0 Å². The number of likely N-dealkylation sites (N-methyl/N-ethyl adjacent to an activating group) is 1. The van der Waals surface area contributed by atoms with E-state index in [0.29, 0.717) is 12.1 Å². The molecule has 0 aromatic heterocycles. The van der Waals surface area contributed by atoms with E-state index in [1.807, 2.05) is 0 Å². The first kappa shape index (κ1) is 16.3. The van der Waals surface area contributed by atoms with E-state index in [2.05, 4.69) is 10.6 Å². The zero-order chi connectivity index (χ0) is 17.5. The summed E-state index contributed by atoms with van der Waals surface area (Å²) in [4.78, 5) is 12.7. The van der Waals surface area contributed by atoms with E-state index in [-0.39, 0.29) is 17.0 Å². The molecule has 0 spiro atoms. The summed E-state index contributed by atoms with van der Waals surface area (Å²) >= 11 is 0. The summed E-state index contributed by atoms with van der Waals surface area (Å²) in [5.41, 5.74) is -1.87. The Kier molecular flexibility index (Phi) is 3.76. The van der Waals surface area contributed by atoms with Crippen LogP contribution in [0.1, 0.15) is 23.6 Å². The summed E-state index contributed by atoms with van der Waals surface area (Å²) in [6.07, 6.45) is -4.57. The van der Waals surface area contributed by atoms with E-state index < -0.39 is 23.2 Å². The molecule has 1 aliphatic rings. The Balaban J connectivity index is 2.27. The molecule has 0 fully saturated rings. The monoisotopic (exact) mass is 336 g/mol. The number of benzene rings is 2. The normalized spacial score (nSPS) is 19.9. The molecule has 0 saturated heterocycles. The molecule has 1 atom stereocenters. The van der Waals surface area contributed by atoms with Gasteiger partial charge in [-0.25, -0.2) is 0 Å². The minimum atomic E-state index is -4.57. The third-order valence-corrected chi connectivity index (χ3v) is 4.10. The molecule has 4 nitrogen and oxygen atoms in total. The first-order valence-electron chi connectivity index (χ1n) is 7.37. The number of fused-ring (bicyclic) bond motifs is 1. The van der Waals surface area contributed by atoms with Gasteiger partial charge in [-0.15, -0.1) is 0 Å². The van der Waals surface area contributed by atoms with E-state index in [1.54, 1.807) is 6.92 Å². The molecular weight excluding hydrogens is 321 g/mol. The lowest BCUT2D eigenvalue weighted by molar-refractivity contribution is -0.136. The molecule has 1 heterocycles. The van der Waals surface area contributed by atoms with Crippen molar-refractivity contribution < 1.29 is 23.1 Å². The molecule has 0 aliphatic carbocycles. The van der Waals surface area contributed by atoms with Crippen LogP contribution in [0.4, 0.5) is 18.9 Å². The number of para-hydroxylation sites is 1. The smallest absolute Gasteiger partial charge is 0.418 e. The van der Waals surface area contributed by atoms with Crippen molar-refractivity contribution in [3.8, 4) is 5.75 Å². The second kappa shape index (κ2) is 5.52. The van der Waals surface area contributed by atoms with Gasteiger partial charge in [0.25, 0.3) is 5.91 Å². The summed E-state index contributed by atoms with van der Waals surface area (Å²) in [6.45, 7) is 2.13. The number of carbonyl (C=O) groups is 1. The predicted octanol–water partition coefficient (Wildman–Crippen LogP) is 3.22. The third kappa shape index (κ3) is 2.32. The predicted molar refractivity (Wildman–Crippen MR) is 82.6 cm³/mol. The van der Waals surface area contributed by atoms with Gasteiger partial charge in [-0.3, -0.25) is 10.1 Å². The molecule has 3 N–H and O–H groups in total. The fourth-order valence-corrected chi connectivity index (χ4v) is 3.11. The minimum Gasteiger partial charge on any atom is -0.508 e. The van der Waals surface area contributed by atoms with Gasteiger partial charge in [0.2, 0.25) is 0 Å². The number of rotatable bonds is 3. The topological polar surface area (TPSA) is 61.4 Å². The van der Waals surface area contributed by atoms with Gasteiger partial charge in [-0.2, -0.15) is 13.2 Å². The summed E-state index contributed by atoms with van der Waals surface area (Å²) in [6, 6.07) is 9.56. The van der Waals surface area contributed by atoms with Crippen LogP contribution >= 0.6 is 0 Å².